The number of nitrogens with zero attached hydrogens (tertiary/aromatic N) is 1. The number of carbonyl (C=O) groups excluding carboxylic acids is 1. The van der Waals surface area contributed by atoms with Gasteiger partial charge in [-0.2, -0.15) is 4.72 Å². The van der Waals surface area contributed by atoms with Crippen LogP contribution < -0.4 is 14.8 Å². The summed E-state index contributed by atoms with van der Waals surface area (Å²) < 4.78 is 47.3. The van der Waals surface area contributed by atoms with Crippen LogP contribution in [-0.2, 0) is 21.4 Å². The van der Waals surface area contributed by atoms with Crippen LogP contribution in [0.3, 0.4) is 0 Å². The number of aromatic nitrogens is 1. The molecule has 1 atom stereocenters. The van der Waals surface area contributed by atoms with E-state index < -0.39 is 32.7 Å². The van der Waals surface area contributed by atoms with Crippen molar-refractivity contribution in [2.24, 2.45) is 5.92 Å². The Morgan fingerprint density at radius 1 is 1.09 bits per heavy atom. The van der Waals surface area contributed by atoms with Crippen LogP contribution in [0.1, 0.15) is 19.4 Å². The number of ether oxygens (including phenoxy) is 1. The fraction of sp³-hybridized carbons (Fsp3) is 0.217. The van der Waals surface area contributed by atoms with Crippen LogP contribution in [0.25, 0.3) is 0 Å². The molecule has 1 amide bonds. The zero-order chi connectivity index (χ0) is 23.1. The normalized spacial score (nSPS) is 12.4. The van der Waals surface area contributed by atoms with E-state index in [1.807, 2.05) is 12.1 Å². The van der Waals surface area contributed by atoms with Gasteiger partial charge in [-0.1, -0.05) is 38.1 Å². The number of hydrogen-bond donors (Lipinski definition) is 2. The SMILES string of the molecule is CC(C)[C@H](NS(=O)(=O)c1ccccc1F)C(=O)Nc1cccc(OCc2cccnc2)c1. The van der Waals surface area contributed by atoms with Crippen molar-refractivity contribution in [2.45, 2.75) is 31.4 Å². The lowest BCUT2D eigenvalue weighted by Crippen LogP contribution is -2.47. The zero-order valence-electron chi connectivity index (χ0n) is 17.7. The van der Waals surface area contributed by atoms with E-state index in [0.29, 0.717) is 18.0 Å². The first-order chi connectivity index (χ1) is 15.3. The number of halogens is 1. The molecule has 2 aromatic carbocycles. The highest BCUT2D eigenvalue weighted by Crippen LogP contribution is 2.20. The quantitative estimate of drug-likeness (QED) is 0.510. The van der Waals surface area contributed by atoms with Crippen LogP contribution >= 0.6 is 0 Å². The molecule has 32 heavy (non-hydrogen) atoms. The molecule has 0 saturated carbocycles. The third kappa shape index (κ3) is 6.12. The lowest BCUT2D eigenvalue weighted by Gasteiger charge is -2.22. The molecular formula is C23H24FN3O4S. The van der Waals surface area contributed by atoms with Gasteiger partial charge in [0.1, 0.15) is 29.1 Å². The molecule has 1 aromatic heterocycles. The second-order valence-electron chi connectivity index (χ2n) is 7.44. The predicted molar refractivity (Wildman–Crippen MR) is 119 cm³/mol. The number of sulfonamides is 1. The molecule has 0 bridgehead atoms. The first-order valence-electron chi connectivity index (χ1n) is 9.96. The van der Waals surface area contributed by atoms with Gasteiger partial charge in [-0.25, -0.2) is 12.8 Å². The maximum Gasteiger partial charge on any atom is 0.244 e. The molecule has 168 valence electrons. The van der Waals surface area contributed by atoms with Crippen LogP contribution in [0.5, 0.6) is 5.75 Å². The third-order valence-corrected chi connectivity index (χ3v) is 6.06. The molecule has 9 heteroatoms. The number of nitrogens with one attached hydrogen (secondary N) is 2. The summed E-state index contributed by atoms with van der Waals surface area (Å²) in [7, 11) is -4.24. The molecule has 0 spiro atoms. The Morgan fingerprint density at radius 2 is 1.88 bits per heavy atom. The van der Waals surface area contributed by atoms with E-state index in [4.69, 9.17) is 4.74 Å². The Bertz CT molecular complexity index is 1170. The maximum atomic E-state index is 14.0. The van der Waals surface area contributed by atoms with E-state index in [0.717, 1.165) is 17.7 Å². The largest absolute Gasteiger partial charge is 0.489 e. The smallest absolute Gasteiger partial charge is 0.244 e. The Labute approximate surface area is 186 Å². The van der Waals surface area contributed by atoms with Crippen LogP contribution in [0.2, 0.25) is 0 Å². The summed E-state index contributed by atoms with van der Waals surface area (Å²) >= 11 is 0. The molecule has 0 saturated heterocycles. The topological polar surface area (TPSA) is 97.4 Å². The maximum absolute atomic E-state index is 14.0. The molecular weight excluding hydrogens is 433 g/mol. The summed E-state index contributed by atoms with van der Waals surface area (Å²) in [6, 6.07) is 14.3. The number of benzene rings is 2. The van der Waals surface area contributed by atoms with Crippen molar-refractivity contribution in [3.8, 4) is 5.75 Å². The molecule has 0 aliphatic heterocycles. The molecule has 2 N–H and O–H groups in total. The second kappa shape index (κ2) is 10.3. The number of rotatable bonds is 9. The van der Waals surface area contributed by atoms with Gasteiger partial charge in [0.2, 0.25) is 15.9 Å². The Morgan fingerprint density at radius 3 is 2.56 bits per heavy atom. The van der Waals surface area contributed by atoms with Gasteiger partial charge in [-0.3, -0.25) is 9.78 Å². The van der Waals surface area contributed by atoms with Crippen LogP contribution in [-0.4, -0.2) is 25.4 Å². The van der Waals surface area contributed by atoms with Gasteiger partial charge in [0.15, 0.2) is 0 Å². The van der Waals surface area contributed by atoms with Gasteiger partial charge in [0, 0.05) is 29.7 Å². The monoisotopic (exact) mass is 457 g/mol. The predicted octanol–water partition coefficient (Wildman–Crippen LogP) is 3.74. The summed E-state index contributed by atoms with van der Waals surface area (Å²) in [4.78, 5) is 16.4. The highest BCUT2D eigenvalue weighted by atomic mass is 32.2. The van der Waals surface area contributed by atoms with Crippen molar-refractivity contribution in [3.63, 3.8) is 0 Å². The number of pyridine rings is 1. The summed E-state index contributed by atoms with van der Waals surface area (Å²) in [5, 5.41) is 2.70. The molecule has 0 aliphatic rings. The van der Waals surface area contributed by atoms with Crippen molar-refractivity contribution < 1.29 is 22.3 Å². The van der Waals surface area contributed by atoms with Gasteiger partial charge in [0.25, 0.3) is 0 Å². The third-order valence-electron chi connectivity index (χ3n) is 4.59. The lowest BCUT2D eigenvalue weighted by atomic mass is 10.0. The van der Waals surface area contributed by atoms with Crippen LogP contribution in [0.4, 0.5) is 10.1 Å². The number of anilines is 1. The lowest BCUT2D eigenvalue weighted by molar-refractivity contribution is -0.118. The minimum absolute atomic E-state index is 0.308. The van der Waals surface area contributed by atoms with Gasteiger partial charge in [-0.15, -0.1) is 0 Å². The van der Waals surface area contributed by atoms with Gasteiger partial charge >= 0.3 is 0 Å². The molecule has 0 fully saturated rings. The summed E-state index contributed by atoms with van der Waals surface area (Å²) in [6.45, 7) is 3.70. The van der Waals surface area contributed by atoms with Crippen molar-refractivity contribution >= 4 is 21.6 Å². The fourth-order valence-electron chi connectivity index (χ4n) is 2.92. The molecule has 1 heterocycles. The van der Waals surface area contributed by atoms with E-state index in [1.165, 1.54) is 12.1 Å². The highest BCUT2D eigenvalue weighted by molar-refractivity contribution is 7.89. The van der Waals surface area contributed by atoms with E-state index >= 15 is 0 Å². The van der Waals surface area contributed by atoms with Gasteiger partial charge in [-0.05, 0) is 36.2 Å². The molecule has 3 rings (SSSR count). The fourth-order valence-corrected chi connectivity index (χ4v) is 4.34. The molecule has 0 radical (unpaired) electrons. The van der Waals surface area contributed by atoms with Crippen molar-refractivity contribution in [2.75, 3.05) is 5.32 Å². The molecule has 0 unspecified atom stereocenters. The minimum atomic E-state index is -4.24. The summed E-state index contributed by atoms with van der Waals surface area (Å²) in [5.41, 5.74) is 1.33. The van der Waals surface area contributed by atoms with Crippen LogP contribution in [0.15, 0.2) is 78.0 Å². The van der Waals surface area contributed by atoms with E-state index in [-0.39, 0.29) is 5.92 Å². The summed E-state index contributed by atoms with van der Waals surface area (Å²) in [6.07, 6.45) is 3.37. The first kappa shape index (κ1) is 23.4. The van der Waals surface area contributed by atoms with E-state index in [1.54, 1.807) is 50.5 Å². The minimum Gasteiger partial charge on any atom is -0.489 e. The average molecular weight is 458 g/mol. The number of carbonyl (C=O) groups is 1. The zero-order valence-corrected chi connectivity index (χ0v) is 18.5. The number of amides is 1. The molecule has 3 aromatic rings. The first-order valence-corrected chi connectivity index (χ1v) is 11.4. The standard InChI is InChI=1S/C23H24FN3O4S/c1-16(2)22(27-32(29,30)21-11-4-3-10-20(21)24)23(28)26-18-8-5-9-19(13-18)31-15-17-7-6-12-25-14-17/h3-14,16,22,27H,15H2,1-2H3,(H,26,28)/t22-/m0/s1. The second-order valence-corrected chi connectivity index (χ2v) is 9.12. The van der Waals surface area contributed by atoms with Gasteiger partial charge in [0.05, 0.1) is 0 Å². The van der Waals surface area contributed by atoms with Crippen molar-refractivity contribution in [1.29, 1.82) is 0 Å². The van der Waals surface area contributed by atoms with E-state index in [2.05, 4.69) is 15.0 Å². The number of hydrogen-bond acceptors (Lipinski definition) is 5. The Hall–Kier alpha value is -3.30. The highest BCUT2D eigenvalue weighted by Gasteiger charge is 2.30. The average Bonchev–Trinajstić information content (AvgIpc) is 2.77. The summed E-state index contributed by atoms with van der Waals surface area (Å²) in [5.74, 6) is -1.31. The van der Waals surface area contributed by atoms with Gasteiger partial charge < -0.3 is 10.1 Å². The van der Waals surface area contributed by atoms with E-state index in [9.17, 15) is 17.6 Å². The molecule has 7 nitrogen and oxygen atoms in total. The van der Waals surface area contributed by atoms with Crippen molar-refractivity contribution in [1.82, 2.24) is 9.71 Å². The van der Waals surface area contributed by atoms with Crippen LogP contribution in [0, 0.1) is 11.7 Å². The van der Waals surface area contributed by atoms with Crippen molar-refractivity contribution in [3.05, 3.63) is 84.4 Å². The Balaban J connectivity index is 1.70. The Kier molecular flexibility index (Phi) is 7.55. The molecule has 0 aliphatic carbocycles.